The summed E-state index contributed by atoms with van der Waals surface area (Å²) in [5, 5.41) is 10.9. The highest BCUT2D eigenvalue weighted by Crippen LogP contribution is 2.25. The number of nitrogens with zero attached hydrogens (tertiary/aromatic N) is 2. The maximum Gasteiger partial charge on any atom is 0.288 e. The van der Waals surface area contributed by atoms with E-state index in [9.17, 15) is 10.1 Å². The minimum absolute atomic E-state index is 0.115. The van der Waals surface area contributed by atoms with E-state index in [-0.39, 0.29) is 10.7 Å². The Labute approximate surface area is 115 Å². The Morgan fingerprint density at radius 3 is 2.68 bits per heavy atom. The molecule has 0 N–H and O–H groups in total. The normalized spacial score (nSPS) is 10.8. The van der Waals surface area contributed by atoms with Crippen LogP contribution in [0.3, 0.4) is 0 Å². The Kier molecular flexibility index (Phi) is 3.92. The molecule has 0 aliphatic rings. The van der Waals surface area contributed by atoms with E-state index >= 15 is 0 Å². The summed E-state index contributed by atoms with van der Waals surface area (Å²) >= 11 is 5.75. The number of nitro groups is 1. The van der Waals surface area contributed by atoms with Crippen LogP contribution in [-0.2, 0) is 0 Å². The average molecular weight is 275 g/mol. The molecular weight excluding hydrogens is 264 g/mol. The number of aryl methyl sites for hydroxylation is 1. The first-order valence-corrected chi connectivity index (χ1v) is 5.99. The molecule has 0 aromatic heterocycles. The predicted octanol–water partition coefficient (Wildman–Crippen LogP) is 4.31. The Bertz CT molecular complexity index is 654. The van der Waals surface area contributed by atoms with Gasteiger partial charge in [-0.15, -0.1) is 0 Å². The Balaban J connectivity index is 2.32. The molecule has 19 heavy (non-hydrogen) atoms. The molecule has 0 amide bonds. The van der Waals surface area contributed by atoms with Gasteiger partial charge in [-0.25, -0.2) is 0 Å². The summed E-state index contributed by atoms with van der Waals surface area (Å²) in [7, 11) is 0. The summed E-state index contributed by atoms with van der Waals surface area (Å²) < 4.78 is 0. The van der Waals surface area contributed by atoms with Crippen LogP contribution in [0.15, 0.2) is 47.5 Å². The second-order valence-electron chi connectivity index (χ2n) is 4.01. The van der Waals surface area contributed by atoms with Crippen LogP contribution in [-0.4, -0.2) is 11.1 Å². The molecule has 5 heteroatoms. The number of hydrogen-bond acceptors (Lipinski definition) is 3. The monoisotopic (exact) mass is 274 g/mol. The van der Waals surface area contributed by atoms with Gasteiger partial charge in [0.25, 0.3) is 5.69 Å². The number of benzene rings is 2. The van der Waals surface area contributed by atoms with Crippen LogP contribution in [0.2, 0.25) is 5.02 Å². The third-order valence-electron chi connectivity index (χ3n) is 2.64. The summed E-state index contributed by atoms with van der Waals surface area (Å²) in [4.78, 5) is 14.6. The summed E-state index contributed by atoms with van der Waals surface area (Å²) in [6.07, 6.45) is 1.59. The third kappa shape index (κ3) is 3.17. The summed E-state index contributed by atoms with van der Waals surface area (Å²) in [5.74, 6) is 0. The summed E-state index contributed by atoms with van der Waals surface area (Å²) in [6.45, 7) is 1.96. The van der Waals surface area contributed by atoms with Crippen molar-refractivity contribution in [3.8, 4) is 0 Å². The van der Waals surface area contributed by atoms with Crippen molar-refractivity contribution in [3.63, 3.8) is 0 Å². The predicted molar refractivity (Wildman–Crippen MR) is 76.5 cm³/mol. The van der Waals surface area contributed by atoms with Crippen LogP contribution in [0.1, 0.15) is 11.1 Å². The standard InChI is InChI=1S/C14H11ClN2O2/c1-10-4-2-3-5-13(10)16-9-11-6-7-12(15)14(8-11)17(18)19/h2-9H,1H3. The van der Waals surface area contributed by atoms with Crippen molar-refractivity contribution in [1.82, 2.24) is 0 Å². The molecule has 0 heterocycles. The third-order valence-corrected chi connectivity index (χ3v) is 2.95. The maximum absolute atomic E-state index is 10.8. The van der Waals surface area contributed by atoms with Crippen molar-refractivity contribution in [3.05, 3.63) is 68.7 Å². The van der Waals surface area contributed by atoms with Crippen molar-refractivity contribution in [1.29, 1.82) is 0 Å². The van der Waals surface area contributed by atoms with E-state index in [0.717, 1.165) is 11.3 Å². The number of halogens is 1. The molecule has 0 aliphatic heterocycles. The van der Waals surface area contributed by atoms with Crippen LogP contribution in [0.4, 0.5) is 11.4 Å². The molecule has 0 radical (unpaired) electrons. The van der Waals surface area contributed by atoms with Gasteiger partial charge in [-0.05, 0) is 30.2 Å². The van der Waals surface area contributed by atoms with Crippen molar-refractivity contribution in [2.75, 3.05) is 0 Å². The van der Waals surface area contributed by atoms with E-state index in [1.807, 2.05) is 31.2 Å². The second kappa shape index (κ2) is 5.63. The lowest BCUT2D eigenvalue weighted by Crippen LogP contribution is -1.91. The first-order valence-electron chi connectivity index (χ1n) is 5.61. The molecule has 0 bridgehead atoms. The highest BCUT2D eigenvalue weighted by molar-refractivity contribution is 6.32. The smallest absolute Gasteiger partial charge is 0.258 e. The van der Waals surface area contributed by atoms with Crippen LogP contribution < -0.4 is 0 Å². The topological polar surface area (TPSA) is 55.5 Å². The van der Waals surface area contributed by atoms with E-state index in [0.29, 0.717) is 5.56 Å². The largest absolute Gasteiger partial charge is 0.288 e. The van der Waals surface area contributed by atoms with Crippen LogP contribution >= 0.6 is 11.6 Å². The molecule has 0 saturated carbocycles. The zero-order chi connectivity index (χ0) is 13.8. The van der Waals surface area contributed by atoms with E-state index in [1.54, 1.807) is 12.3 Å². The average Bonchev–Trinajstić information content (AvgIpc) is 2.39. The van der Waals surface area contributed by atoms with Crippen molar-refractivity contribution >= 4 is 29.2 Å². The zero-order valence-electron chi connectivity index (χ0n) is 10.2. The molecular formula is C14H11ClN2O2. The summed E-state index contributed by atoms with van der Waals surface area (Å²) in [5.41, 5.74) is 2.40. The van der Waals surface area contributed by atoms with Gasteiger partial charge in [0.15, 0.2) is 0 Å². The first kappa shape index (κ1) is 13.2. The Morgan fingerprint density at radius 1 is 1.26 bits per heavy atom. The van der Waals surface area contributed by atoms with Gasteiger partial charge in [0.2, 0.25) is 0 Å². The van der Waals surface area contributed by atoms with Gasteiger partial charge in [-0.3, -0.25) is 15.1 Å². The van der Waals surface area contributed by atoms with Crippen molar-refractivity contribution < 1.29 is 4.92 Å². The SMILES string of the molecule is Cc1ccccc1N=Cc1ccc(Cl)c([N+](=O)[O-])c1. The van der Waals surface area contributed by atoms with Gasteiger partial charge in [0, 0.05) is 12.3 Å². The molecule has 0 unspecified atom stereocenters. The van der Waals surface area contributed by atoms with Crippen LogP contribution in [0.5, 0.6) is 0 Å². The molecule has 96 valence electrons. The lowest BCUT2D eigenvalue weighted by Gasteiger charge is -1.99. The number of rotatable bonds is 3. The lowest BCUT2D eigenvalue weighted by atomic mass is 10.2. The fraction of sp³-hybridized carbons (Fsp3) is 0.0714. The minimum Gasteiger partial charge on any atom is -0.258 e. The second-order valence-corrected chi connectivity index (χ2v) is 4.42. The highest BCUT2D eigenvalue weighted by atomic mass is 35.5. The lowest BCUT2D eigenvalue weighted by molar-refractivity contribution is -0.384. The number of para-hydroxylation sites is 1. The van der Waals surface area contributed by atoms with Gasteiger partial charge in [-0.2, -0.15) is 0 Å². The van der Waals surface area contributed by atoms with E-state index in [4.69, 9.17) is 11.6 Å². The molecule has 0 saturated heterocycles. The Hall–Kier alpha value is -2.20. The molecule has 0 fully saturated rings. The molecule has 2 aromatic carbocycles. The molecule has 2 aromatic rings. The van der Waals surface area contributed by atoms with Gasteiger partial charge >= 0.3 is 0 Å². The number of nitro benzene ring substituents is 1. The zero-order valence-corrected chi connectivity index (χ0v) is 11.0. The summed E-state index contributed by atoms with van der Waals surface area (Å²) in [6, 6.07) is 12.3. The van der Waals surface area contributed by atoms with Crippen LogP contribution in [0.25, 0.3) is 0 Å². The van der Waals surface area contributed by atoms with Gasteiger partial charge in [0.1, 0.15) is 5.02 Å². The van der Waals surface area contributed by atoms with Crippen molar-refractivity contribution in [2.45, 2.75) is 6.92 Å². The fourth-order valence-electron chi connectivity index (χ4n) is 1.60. The van der Waals surface area contributed by atoms with Gasteiger partial charge < -0.3 is 0 Å². The van der Waals surface area contributed by atoms with Gasteiger partial charge in [0.05, 0.1) is 10.6 Å². The van der Waals surface area contributed by atoms with Gasteiger partial charge in [-0.1, -0.05) is 35.9 Å². The quantitative estimate of drug-likeness (QED) is 0.476. The number of hydrogen-bond donors (Lipinski definition) is 0. The molecule has 2 rings (SSSR count). The first-order chi connectivity index (χ1) is 9.08. The maximum atomic E-state index is 10.8. The van der Waals surface area contributed by atoms with Crippen molar-refractivity contribution in [2.24, 2.45) is 4.99 Å². The van der Waals surface area contributed by atoms with E-state index < -0.39 is 4.92 Å². The van der Waals surface area contributed by atoms with E-state index in [1.165, 1.54) is 12.1 Å². The molecule has 0 aliphatic carbocycles. The minimum atomic E-state index is -0.507. The highest BCUT2D eigenvalue weighted by Gasteiger charge is 2.11. The van der Waals surface area contributed by atoms with E-state index in [2.05, 4.69) is 4.99 Å². The number of aliphatic imine (C=N–C) groups is 1. The molecule has 4 nitrogen and oxygen atoms in total. The molecule has 0 atom stereocenters. The Morgan fingerprint density at radius 2 is 2.00 bits per heavy atom. The molecule has 0 spiro atoms. The van der Waals surface area contributed by atoms with Crippen LogP contribution in [0, 0.1) is 17.0 Å². The fourth-order valence-corrected chi connectivity index (χ4v) is 1.79.